The third-order valence-electron chi connectivity index (χ3n) is 3.77. The van der Waals surface area contributed by atoms with Gasteiger partial charge in [0.15, 0.2) is 6.10 Å². The highest BCUT2D eigenvalue weighted by atomic mass is 16.5. The van der Waals surface area contributed by atoms with Gasteiger partial charge < -0.3 is 15.3 Å². The molecule has 1 unspecified atom stereocenters. The van der Waals surface area contributed by atoms with E-state index in [0.717, 1.165) is 30.4 Å². The summed E-state index contributed by atoms with van der Waals surface area (Å²) in [6.45, 7) is 1.76. The fourth-order valence-electron chi connectivity index (χ4n) is 2.48. The molecule has 20 heavy (non-hydrogen) atoms. The molecule has 106 valence electrons. The molecule has 0 spiro atoms. The first-order valence-corrected chi connectivity index (χ1v) is 6.99. The van der Waals surface area contributed by atoms with Crippen molar-refractivity contribution in [3.63, 3.8) is 0 Å². The predicted octanol–water partition coefficient (Wildman–Crippen LogP) is 1.86. The van der Waals surface area contributed by atoms with E-state index in [1.165, 1.54) is 0 Å². The third kappa shape index (κ3) is 2.48. The van der Waals surface area contributed by atoms with Crippen LogP contribution in [0.25, 0.3) is 0 Å². The molecule has 1 aromatic carbocycles. The Morgan fingerprint density at radius 1 is 1.45 bits per heavy atom. The highest BCUT2D eigenvalue weighted by Crippen LogP contribution is 2.31. The standard InChI is InChI=1S/C15H18N2O3/c1-9(15(18)16-10-5-6-10)20-14-4-2-3-11-12(14)7-8-13(11)17-19/h2-4,9-10,19H,5-8H2,1H3,(H,16,18). The van der Waals surface area contributed by atoms with Crippen LogP contribution < -0.4 is 10.1 Å². The summed E-state index contributed by atoms with van der Waals surface area (Å²) in [7, 11) is 0. The smallest absolute Gasteiger partial charge is 0.260 e. The maximum absolute atomic E-state index is 11.9. The number of hydrogen-bond acceptors (Lipinski definition) is 4. The van der Waals surface area contributed by atoms with Gasteiger partial charge in [-0.25, -0.2) is 0 Å². The predicted molar refractivity (Wildman–Crippen MR) is 74.3 cm³/mol. The molecule has 0 saturated heterocycles. The van der Waals surface area contributed by atoms with Gasteiger partial charge in [0.1, 0.15) is 5.75 Å². The lowest BCUT2D eigenvalue weighted by Crippen LogP contribution is -2.37. The minimum atomic E-state index is -0.516. The first-order chi connectivity index (χ1) is 9.69. The molecule has 1 saturated carbocycles. The van der Waals surface area contributed by atoms with Gasteiger partial charge in [-0.3, -0.25) is 4.79 Å². The highest BCUT2D eigenvalue weighted by Gasteiger charge is 2.28. The van der Waals surface area contributed by atoms with Crippen LogP contribution in [0.4, 0.5) is 0 Å². The van der Waals surface area contributed by atoms with Crippen molar-refractivity contribution in [2.45, 2.75) is 44.8 Å². The molecular weight excluding hydrogens is 256 g/mol. The Morgan fingerprint density at radius 3 is 2.95 bits per heavy atom. The van der Waals surface area contributed by atoms with E-state index >= 15 is 0 Å². The molecule has 1 aromatic rings. The molecule has 2 N–H and O–H groups in total. The fraction of sp³-hybridized carbons (Fsp3) is 0.467. The summed E-state index contributed by atoms with van der Waals surface area (Å²) < 4.78 is 5.79. The zero-order valence-corrected chi connectivity index (χ0v) is 11.4. The number of amides is 1. The summed E-state index contributed by atoms with van der Waals surface area (Å²) in [5.41, 5.74) is 2.62. The quantitative estimate of drug-likeness (QED) is 0.650. The van der Waals surface area contributed by atoms with Crippen molar-refractivity contribution in [1.29, 1.82) is 0 Å². The van der Waals surface area contributed by atoms with Gasteiger partial charge in [0.2, 0.25) is 0 Å². The number of rotatable bonds is 4. The second kappa shape index (κ2) is 5.15. The average Bonchev–Trinajstić information content (AvgIpc) is 3.15. The number of nitrogens with zero attached hydrogens (tertiary/aromatic N) is 1. The van der Waals surface area contributed by atoms with Crippen LogP contribution in [0.2, 0.25) is 0 Å². The lowest BCUT2D eigenvalue weighted by atomic mass is 10.1. The van der Waals surface area contributed by atoms with E-state index in [1.54, 1.807) is 6.92 Å². The van der Waals surface area contributed by atoms with Crippen molar-refractivity contribution < 1.29 is 14.7 Å². The number of fused-ring (bicyclic) bond motifs is 1. The van der Waals surface area contributed by atoms with Gasteiger partial charge in [-0.15, -0.1) is 0 Å². The molecule has 5 heteroatoms. The lowest BCUT2D eigenvalue weighted by Gasteiger charge is -2.16. The maximum atomic E-state index is 11.9. The van der Waals surface area contributed by atoms with Crippen molar-refractivity contribution in [2.75, 3.05) is 0 Å². The first-order valence-electron chi connectivity index (χ1n) is 6.99. The number of oxime groups is 1. The molecular formula is C15H18N2O3. The van der Waals surface area contributed by atoms with Crippen molar-refractivity contribution in [1.82, 2.24) is 5.32 Å². The minimum absolute atomic E-state index is 0.0702. The number of carbonyl (C=O) groups excluding carboxylic acids is 1. The molecule has 0 radical (unpaired) electrons. The molecule has 2 aliphatic carbocycles. The summed E-state index contributed by atoms with van der Waals surface area (Å²) >= 11 is 0. The molecule has 2 aliphatic rings. The van der Waals surface area contributed by atoms with E-state index < -0.39 is 6.10 Å². The minimum Gasteiger partial charge on any atom is -0.481 e. The topological polar surface area (TPSA) is 70.9 Å². The Kier molecular flexibility index (Phi) is 3.34. The van der Waals surface area contributed by atoms with Gasteiger partial charge in [-0.1, -0.05) is 17.3 Å². The van der Waals surface area contributed by atoms with Crippen molar-refractivity contribution in [3.8, 4) is 5.75 Å². The van der Waals surface area contributed by atoms with Crippen LogP contribution in [0.5, 0.6) is 5.75 Å². The zero-order valence-electron chi connectivity index (χ0n) is 11.4. The van der Waals surface area contributed by atoms with E-state index in [0.29, 0.717) is 23.9 Å². The molecule has 0 heterocycles. The van der Waals surface area contributed by atoms with Crippen LogP contribution in [-0.4, -0.2) is 29.0 Å². The van der Waals surface area contributed by atoms with Gasteiger partial charge in [0.25, 0.3) is 5.91 Å². The molecule has 0 aromatic heterocycles. The number of nitrogens with one attached hydrogen (secondary N) is 1. The molecule has 1 amide bonds. The van der Waals surface area contributed by atoms with Crippen LogP contribution in [-0.2, 0) is 11.2 Å². The zero-order chi connectivity index (χ0) is 14.1. The Morgan fingerprint density at radius 2 is 2.25 bits per heavy atom. The van der Waals surface area contributed by atoms with Gasteiger partial charge in [-0.05, 0) is 38.7 Å². The van der Waals surface area contributed by atoms with Crippen LogP contribution in [0, 0.1) is 0 Å². The molecule has 0 bridgehead atoms. The normalized spacial score (nSPS) is 20.6. The SMILES string of the molecule is CC(Oc1cccc2c1CCC2=NO)C(=O)NC1CC1. The Balaban J connectivity index is 1.74. The van der Waals surface area contributed by atoms with Crippen molar-refractivity contribution in [3.05, 3.63) is 29.3 Å². The van der Waals surface area contributed by atoms with Crippen LogP contribution in [0.15, 0.2) is 23.4 Å². The number of benzene rings is 1. The van der Waals surface area contributed by atoms with Crippen molar-refractivity contribution in [2.24, 2.45) is 5.16 Å². The van der Waals surface area contributed by atoms with Gasteiger partial charge in [-0.2, -0.15) is 0 Å². The summed E-state index contributed by atoms with van der Waals surface area (Å²) in [5.74, 6) is 0.638. The summed E-state index contributed by atoms with van der Waals surface area (Å²) in [4.78, 5) is 11.9. The first kappa shape index (κ1) is 13.0. The maximum Gasteiger partial charge on any atom is 0.260 e. The Bertz CT molecular complexity index is 564. The summed E-state index contributed by atoms with van der Waals surface area (Å²) in [5, 5.41) is 15.2. The Labute approximate surface area is 117 Å². The fourth-order valence-corrected chi connectivity index (χ4v) is 2.48. The summed E-state index contributed by atoms with van der Waals surface area (Å²) in [6, 6.07) is 5.97. The molecule has 1 fully saturated rings. The van der Waals surface area contributed by atoms with E-state index in [4.69, 9.17) is 9.94 Å². The molecule has 5 nitrogen and oxygen atoms in total. The van der Waals surface area contributed by atoms with E-state index in [1.807, 2.05) is 18.2 Å². The van der Waals surface area contributed by atoms with E-state index in [2.05, 4.69) is 10.5 Å². The Hall–Kier alpha value is -2.04. The lowest BCUT2D eigenvalue weighted by molar-refractivity contribution is -0.127. The second-order valence-corrected chi connectivity index (χ2v) is 5.37. The second-order valence-electron chi connectivity index (χ2n) is 5.37. The van der Waals surface area contributed by atoms with Gasteiger partial charge in [0.05, 0.1) is 5.71 Å². The highest BCUT2D eigenvalue weighted by molar-refractivity contribution is 6.04. The largest absolute Gasteiger partial charge is 0.481 e. The molecule has 3 rings (SSSR count). The van der Waals surface area contributed by atoms with Gasteiger partial charge in [0, 0.05) is 17.2 Å². The van der Waals surface area contributed by atoms with E-state index in [-0.39, 0.29) is 5.91 Å². The van der Waals surface area contributed by atoms with Crippen LogP contribution in [0.3, 0.4) is 0 Å². The monoisotopic (exact) mass is 274 g/mol. The molecule has 0 aliphatic heterocycles. The number of ether oxygens (including phenoxy) is 1. The van der Waals surface area contributed by atoms with Crippen LogP contribution >= 0.6 is 0 Å². The van der Waals surface area contributed by atoms with Crippen molar-refractivity contribution >= 4 is 11.6 Å². The van der Waals surface area contributed by atoms with E-state index in [9.17, 15) is 4.79 Å². The number of hydrogen-bond donors (Lipinski definition) is 2. The average molecular weight is 274 g/mol. The molecule has 1 atom stereocenters. The third-order valence-corrected chi connectivity index (χ3v) is 3.77. The van der Waals surface area contributed by atoms with Gasteiger partial charge >= 0.3 is 0 Å². The summed E-state index contributed by atoms with van der Waals surface area (Å²) in [6.07, 6.45) is 3.10. The number of carbonyl (C=O) groups is 1. The van der Waals surface area contributed by atoms with Crippen LogP contribution in [0.1, 0.15) is 37.3 Å².